The summed E-state index contributed by atoms with van der Waals surface area (Å²) in [5.41, 5.74) is 0. The van der Waals surface area contributed by atoms with Gasteiger partial charge in [-0.3, -0.25) is 16.0 Å². The predicted molar refractivity (Wildman–Crippen MR) is 47.6 cm³/mol. The molecule has 3 heterocycles. The summed E-state index contributed by atoms with van der Waals surface area (Å²) in [5, 5.41) is 10.1. The maximum Gasteiger partial charge on any atom is 0.356 e. The Morgan fingerprint density at radius 3 is 2.00 bits per heavy atom. The van der Waals surface area contributed by atoms with Gasteiger partial charge in [-0.1, -0.05) is 0 Å². The number of hydrogen-bond acceptors (Lipinski definition) is 5. The molecular formula is C7H15N6+. The number of rotatable bonds is 0. The fourth-order valence-electron chi connectivity index (χ4n) is 2.15. The van der Waals surface area contributed by atoms with Crippen molar-refractivity contribution in [3.05, 3.63) is 0 Å². The first kappa shape index (κ1) is 7.54. The second-order valence-electron chi connectivity index (χ2n) is 3.62. The van der Waals surface area contributed by atoms with Gasteiger partial charge in [0.05, 0.1) is 0 Å². The zero-order valence-electron chi connectivity index (χ0n) is 7.58. The Bertz CT molecular complexity index is 227. The summed E-state index contributed by atoms with van der Waals surface area (Å²) in [7, 11) is 0. The number of guanidine groups is 1. The lowest BCUT2D eigenvalue weighted by Crippen LogP contribution is -2.70. The Hall–Kier alpha value is -0.850. The molecule has 0 bridgehead atoms. The summed E-state index contributed by atoms with van der Waals surface area (Å²) in [6.45, 7) is 5.72. The summed E-state index contributed by atoms with van der Waals surface area (Å²) >= 11 is 0. The van der Waals surface area contributed by atoms with E-state index in [-0.39, 0.29) is 0 Å². The molecule has 13 heavy (non-hydrogen) atoms. The molecule has 6 heteroatoms. The summed E-state index contributed by atoms with van der Waals surface area (Å²) in [4.78, 5) is 4.65. The van der Waals surface area contributed by atoms with E-state index in [0.717, 1.165) is 40.0 Å². The highest BCUT2D eigenvalue weighted by molar-refractivity contribution is 5.76. The van der Waals surface area contributed by atoms with Crippen molar-refractivity contribution < 1.29 is 4.58 Å². The van der Waals surface area contributed by atoms with Crippen LogP contribution < -0.4 is 16.0 Å². The van der Waals surface area contributed by atoms with Gasteiger partial charge in [0, 0.05) is 0 Å². The highest BCUT2D eigenvalue weighted by Gasteiger charge is 2.37. The van der Waals surface area contributed by atoms with Crippen LogP contribution in [0, 0.1) is 0 Å². The molecule has 1 saturated heterocycles. The molecule has 3 rings (SSSR count). The van der Waals surface area contributed by atoms with Crippen LogP contribution in [0.3, 0.4) is 0 Å². The normalized spacial score (nSPS) is 27.7. The molecule has 0 unspecified atom stereocenters. The Morgan fingerprint density at radius 2 is 1.38 bits per heavy atom. The van der Waals surface area contributed by atoms with Crippen LogP contribution in [0.15, 0.2) is 0 Å². The minimum atomic E-state index is 0.954. The van der Waals surface area contributed by atoms with Crippen molar-refractivity contribution in [3.63, 3.8) is 0 Å². The Kier molecular flexibility index (Phi) is 1.64. The van der Waals surface area contributed by atoms with Gasteiger partial charge < -0.3 is 0 Å². The molecule has 0 aliphatic carbocycles. The second-order valence-corrected chi connectivity index (χ2v) is 3.62. The largest absolute Gasteiger partial charge is 0.356 e. The van der Waals surface area contributed by atoms with Crippen LogP contribution in [0.5, 0.6) is 0 Å². The van der Waals surface area contributed by atoms with Crippen molar-refractivity contribution in [2.24, 2.45) is 0 Å². The van der Waals surface area contributed by atoms with E-state index in [9.17, 15) is 0 Å². The lowest BCUT2D eigenvalue weighted by molar-refractivity contribution is -0.561. The Balaban J connectivity index is 1.98. The molecule has 6 nitrogen and oxygen atoms in total. The van der Waals surface area contributed by atoms with Gasteiger partial charge in [0.1, 0.15) is 40.0 Å². The number of hydrogen-bond donors (Lipinski definition) is 3. The summed E-state index contributed by atoms with van der Waals surface area (Å²) in [5.74, 6) is 1.37. The predicted octanol–water partition coefficient (Wildman–Crippen LogP) is -2.49. The molecule has 1 fully saturated rings. The van der Waals surface area contributed by atoms with E-state index in [2.05, 4.69) is 30.3 Å². The first-order chi connectivity index (χ1) is 6.45. The molecule has 0 radical (unpaired) electrons. The maximum absolute atomic E-state index is 3.36. The molecular weight excluding hydrogens is 168 g/mol. The highest BCUT2D eigenvalue weighted by Crippen LogP contribution is 2.06. The van der Waals surface area contributed by atoms with Gasteiger partial charge in [-0.2, -0.15) is 0 Å². The maximum atomic E-state index is 3.36. The standard InChI is InChI=1S/C7H15N6/c1-8-2-12-5-10-6-13-4-9-3-11(1)7(12)13/h8-10H,1-6H2/q+1. The monoisotopic (exact) mass is 183 g/mol. The molecule has 0 aromatic carbocycles. The molecule has 0 amide bonds. The van der Waals surface area contributed by atoms with Crippen molar-refractivity contribution in [1.82, 2.24) is 25.8 Å². The van der Waals surface area contributed by atoms with Crippen molar-refractivity contribution in [2.75, 3.05) is 40.0 Å². The molecule has 3 N–H and O–H groups in total. The first-order valence-corrected chi connectivity index (χ1v) is 4.69. The minimum absolute atomic E-state index is 0.954. The average Bonchev–Trinajstić information content (AvgIpc) is 2.19. The zero-order valence-corrected chi connectivity index (χ0v) is 7.58. The van der Waals surface area contributed by atoms with Gasteiger partial charge in [-0.25, -0.2) is 14.4 Å². The van der Waals surface area contributed by atoms with Crippen molar-refractivity contribution in [2.45, 2.75) is 0 Å². The lowest BCUT2D eigenvalue weighted by atomic mass is 10.4. The molecule has 0 atom stereocenters. The van der Waals surface area contributed by atoms with Gasteiger partial charge in [0.15, 0.2) is 0 Å². The van der Waals surface area contributed by atoms with E-state index in [0.29, 0.717) is 0 Å². The van der Waals surface area contributed by atoms with Crippen LogP contribution in [-0.4, -0.2) is 60.3 Å². The van der Waals surface area contributed by atoms with Crippen LogP contribution in [-0.2, 0) is 0 Å². The molecule has 0 spiro atoms. The van der Waals surface area contributed by atoms with Gasteiger partial charge >= 0.3 is 5.96 Å². The fraction of sp³-hybridized carbons (Fsp3) is 0.857. The topological polar surface area (TPSA) is 45.6 Å². The molecule has 3 aliphatic heterocycles. The van der Waals surface area contributed by atoms with Crippen LogP contribution in [0.2, 0.25) is 0 Å². The quantitative estimate of drug-likeness (QED) is 0.363. The third-order valence-corrected chi connectivity index (χ3v) is 2.66. The summed E-state index contributed by atoms with van der Waals surface area (Å²) in [6, 6.07) is 0. The van der Waals surface area contributed by atoms with E-state index in [1.54, 1.807) is 0 Å². The van der Waals surface area contributed by atoms with Crippen LogP contribution in [0.4, 0.5) is 0 Å². The van der Waals surface area contributed by atoms with Crippen LogP contribution in [0.25, 0.3) is 0 Å². The van der Waals surface area contributed by atoms with Crippen molar-refractivity contribution >= 4 is 5.96 Å². The van der Waals surface area contributed by atoms with Gasteiger partial charge in [0.2, 0.25) is 0 Å². The molecule has 3 aliphatic rings. The summed E-state index contributed by atoms with van der Waals surface area (Å²) in [6.07, 6.45) is 0. The Morgan fingerprint density at radius 1 is 0.846 bits per heavy atom. The SMILES string of the molecule is C1NCN2CNC[N+]3=C2N1CNC3. The fourth-order valence-corrected chi connectivity index (χ4v) is 2.15. The summed E-state index contributed by atoms with van der Waals surface area (Å²) < 4.78 is 2.33. The van der Waals surface area contributed by atoms with Crippen LogP contribution >= 0.6 is 0 Å². The molecule has 0 aromatic rings. The first-order valence-electron chi connectivity index (χ1n) is 4.69. The van der Waals surface area contributed by atoms with E-state index >= 15 is 0 Å². The highest BCUT2D eigenvalue weighted by atomic mass is 15.6. The molecule has 0 aromatic heterocycles. The second kappa shape index (κ2) is 2.83. The van der Waals surface area contributed by atoms with Gasteiger partial charge in [-0.05, 0) is 0 Å². The van der Waals surface area contributed by atoms with E-state index < -0.39 is 0 Å². The third kappa shape index (κ3) is 1.10. The van der Waals surface area contributed by atoms with E-state index in [1.165, 1.54) is 5.96 Å². The lowest BCUT2D eigenvalue weighted by Gasteiger charge is -2.40. The smallest absolute Gasteiger partial charge is 0.258 e. The average molecular weight is 183 g/mol. The third-order valence-electron chi connectivity index (χ3n) is 2.66. The van der Waals surface area contributed by atoms with E-state index in [4.69, 9.17) is 0 Å². The Labute approximate surface area is 77.2 Å². The van der Waals surface area contributed by atoms with E-state index in [1.807, 2.05) is 0 Å². The van der Waals surface area contributed by atoms with Gasteiger partial charge in [-0.15, -0.1) is 0 Å². The zero-order chi connectivity index (χ0) is 8.67. The molecule has 0 saturated carbocycles. The van der Waals surface area contributed by atoms with Crippen molar-refractivity contribution in [3.8, 4) is 0 Å². The van der Waals surface area contributed by atoms with Crippen molar-refractivity contribution in [1.29, 1.82) is 0 Å². The minimum Gasteiger partial charge on any atom is -0.258 e. The molecule has 72 valence electrons. The number of nitrogens with one attached hydrogen (secondary N) is 3. The van der Waals surface area contributed by atoms with Gasteiger partial charge in [0.25, 0.3) is 0 Å². The number of nitrogens with zero attached hydrogens (tertiary/aromatic N) is 3. The van der Waals surface area contributed by atoms with Crippen LogP contribution in [0.1, 0.15) is 0 Å².